The van der Waals surface area contributed by atoms with Crippen LogP contribution >= 0.6 is 15.9 Å². The molecule has 0 fully saturated rings. The van der Waals surface area contributed by atoms with Crippen molar-refractivity contribution in [3.05, 3.63) is 46.3 Å². The van der Waals surface area contributed by atoms with Crippen LogP contribution in [-0.2, 0) is 11.3 Å². The van der Waals surface area contributed by atoms with Crippen LogP contribution in [0, 0.1) is 0 Å². The number of aromatic nitrogens is 2. The molecular weight excluding hydrogens is 378 g/mol. The van der Waals surface area contributed by atoms with Gasteiger partial charge >= 0.3 is 5.97 Å². The van der Waals surface area contributed by atoms with Gasteiger partial charge in [-0.3, -0.25) is 9.59 Å². The van der Waals surface area contributed by atoms with Gasteiger partial charge < -0.3 is 19.3 Å². The van der Waals surface area contributed by atoms with Gasteiger partial charge in [-0.15, -0.1) is 0 Å². The maximum Gasteiger partial charge on any atom is 0.305 e. The van der Waals surface area contributed by atoms with Crippen molar-refractivity contribution in [2.75, 3.05) is 13.7 Å². The summed E-state index contributed by atoms with van der Waals surface area (Å²) in [5.41, 5.74) is 1.22. The summed E-state index contributed by atoms with van der Waals surface area (Å²) < 4.78 is 7.72. The normalized spacial score (nSPS) is 15.1. The summed E-state index contributed by atoms with van der Waals surface area (Å²) in [4.78, 5) is 29.8. The molecule has 8 heteroatoms. The third-order valence-corrected chi connectivity index (χ3v) is 4.46. The zero-order valence-electron chi connectivity index (χ0n) is 13.0. The molecule has 1 N–H and O–H groups in total. The summed E-state index contributed by atoms with van der Waals surface area (Å²) in [5.74, 6) is -0.713. The molecule has 0 radical (unpaired) electrons. The molecule has 126 valence electrons. The lowest BCUT2D eigenvalue weighted by molar-refractivity contribution is -0.138. The van der Waals surface area contributed by atoms with Crippen molar-refractivity contribution in [1.29, 1.82) is 0 Å². The summed E-state index contributed by atoms with van der Waals surface area (Å²) in [6, 6.07) is 4.59. The third kappa shape index (κ3) is 3.14. The Morgan fingerprint density at radius 2 is 2.25 bits per heavy atom. The van der Waals surface area contributed by atoms with Crippen molar-refractivity contribution in [3.8, 4) is 5.88 Å². The van der Waals surface area contributed by atoms with Crippen LogP contribution in [0.4, 0.5) is 0 Å². The van der Waals surface area contributed by atoms with E-state index < -0.39 is 12.0 Å². The first kappa shape index (κ1) is 16.5. The van der Waals surface area contributed by atoms with E-state index in [9.17, 15) is 14.7 Å². The number of carboxylic acid groups (broad SMARTS) is 1. The van der Waals surface area contributed by atoms with Crippen LogP contribution in [0.25, 0.3) is 0 Å². The molecule has 7 nitrogen and oxygen atoms in total. The summed E-state index contributed by atoms with van der Waals surface area (Å²) >= 11 is 3.37. The number of hydrogen-bond acceptors (Lipinski definition) is 4. The molecule has 24 heavy (non-hydrogen) atoms. The SMILES string of the molecule is COc1ccc(C(CC(=O)O)N2CCn3cc(Br)cc3C2=O)cn1. The molecule has 1 atom stereocenters. The Kier molecular flexibility index (Phi) is 4.57. The van der Waals surface area contributed by atoms with Gasteiger partial charge in [0.05, 0.1) is 19.6 Å². The maximum atomic E-state index is 12.8. The number of carbonyl (C=O) groups excluding carboxylic acids is 1. The van der Waals surface area contributed by atoms with Gasteiger partial charge in [-0.25, -0.2) is 4.98 Å². The highest BCUT2D eigenvalue weighted by Gasteiger charge is 2.33. The van der Waals surface area contributed by atoms with E-state index in [2.05, 4.69) is 20.9 Å². The number of carbonyl (C=O) groups is 2. The van der Waals surface area contributed by atoms with E-state index in [-0.39, 0.29) is 12.3 Å². The van der Waals surface area contributed by atoms with Crippen molar-refractivity contribution >= 4 is 27.8 Å². The van der Waals surface area contributed by atoms with E-state index in [1.54, 1.807) is 29.3 Å². The van der Waals surface area contributed by atoms with Gasteiger partial charge in [-0.2, -0.15) is 0 Å². The number of nitrogens with zero attached hydrogens (tertiary/aromatic N) is 3. The van der Waals surface area contributed by atoms with Crippen molar-refractivity contribution in [2.24, 2.45) is 0 Å². The molecule has 1 unspecified atom stereocenters. The van der Waals surface area contributed by atoms with Crippen molar-refractivity contribution in [1.82, 2.24) is 14.5 Å². The van der Waals surface area contributed by atoms with Crippen LogP contribution in [-0.4, -0.2) is 45.1 Å². The molecule has 0 saturated carbocycles. The molecule has 3 heterocycles. The average Bonchev–Trinajstić information content (AvgIpc) is 2.95. The van der Waals surface area contributed by atoms with E-state index in [0.717, 1.165) is 4.47 Å². The third-order valence-electron chi connectivity index (χ3n) is 4.02. The fourth-order valence-electron chi connectivity index (χ4n) is 2.88. The zero-order chi connectivity index (χ0) is 17.3. The molecule has 2 aromatic heterocycles. The predicted octanol–water partition coefficient (Wildman–Crippen LogP) is 2.33. The van der Waals surface area contributed by atoms with E-state index in [4.69, 9.17) is 4.74 Å². The lowest BCUT2D eigenvalue weighted by Crippen LogP contribution is -2.43. The molecule has 0 aliphatic carbocycles. The number of amides is 1. The monoisotopic (exact) mass is 393 g/mol. The quantitative estimate of drug-likeness (QED) is 0.842. The number of halogens is 1. The Balaban J connectivity index is 1.94. The molecule has 0 saturated heterocycles. The molecular formula is C16H16BrN3O4. The number of ether oxygens (including phenoxy) is 1. The molecule has 1 amide bonds. The molecule has 0 bridgehead atoms. The van der Waals surface area contributed by atoms with Crippen LogP contribution in [0.2, 0.25) is 0 Å². The average molecular weight is 394 g/mol. The highest BCUT2D eigenvalue weighted by atomic mass is 79.9. The molecule has 0 spiro atoms. The van der Waals surface area contributed by atoms with Crippen LogP contribution in [0.3, 0.4) is 0 Å². The number of carboxylic acids is 1. The molecule has 2 aromatic rings. The van der Waals surface area contributed by atoms with Crippen LogP contribution in [0.5, 0.6) is 5.88 Å². The van der Waals surface area contributed by atoms with Gasteiger partial charge in [0.2, 0.25) is 5.88 Å². The van der Waals surface area contributed by atoms with E-state index in [1.807, 2.05) is 10.8 Å². The highest BCUT2D eigenvalue weighted by Crippen LogP contribution is 2.30. The first-order chi connectivity index (χ1) is 11.5. The Hall–Kier alpha value is -2.35. The van der Waals surface area contributed by atoms with Gasteiger partial charge in [-0.05, 0) is 27.6 Å². The summed E-state index contributed by atoms with van der Waals surface area (Å²) in [6.45, 7) is 1.06. The predicted molar refractivity (Wildman–Crippen MR) is 89.0 cm³/mol. The summed E-state index contributed by atoms with van der Waals surface area (Å²) in [7, 11) is 1.51. The van der Waals surface area contributed by atoms with Gasteiger partial charge in [0, 0.05) is 36.0 Å². The lowest BCUT2D eigenvalue weighted by atomic mass is 10.0. The Morgan fingerprint density at radius 3 is 2.88 bits per heavy atom. The summed E-state index contributed by atoms with van der Waals surface area (Å²) in [6.07, 6.45) is 3.23. The number of fused-ring (bicyclic) bond motifs is 1. The first-order valence-electron chi connectivity index (χ1n) is 7.38. The largest absolute Gasteiger partial charge is 0.481 e. The number of pyridine rings is 1. The Morgan fingerprint density at radius 1 is 1.46 bits per heavy atom. The topological polar surface area (TPSA) is 84.7 Å². The van der Waals surface area contributed by atoms with E-state index in [0.29, 0.717) is 30.2 Å². The van der Waals surface area contributed by atoms with Crippen molar-refractivity contribution in [2.45, 2.75) is 19.0 Å². The van der Waals surface area contributed by atoms with Gasteiger partial charge in [0.15, 0.2) is 0 Å². The first-order valence-corrected chi connectivity index (χ1v) is 8.17. The maximum absolute atomic E-state index is 12.8. The molecule has 1 aliphatic heterocycles. The fourth-order valence-corrected chi connectivity index (χ4v) is 3.35. The minimum absolute atomic E-state index is 0.179. The van der Waals surface area contributed by atoms with E-state index >= 15 is 0 Å². The summed E-state index contributed by atoms with van der Waals surface area (Å²) in [5, 5.41) is 9.27. The Labute approximate surface area is 147 Å². The van der Waals surface area contributed by atoms with Crippen LogP contribution in [0.1, 0.15) is 28.5 Å². The number of rotatable bonds is 5. The second-order valence-corrected chi connectivity index (χ2v) is 6.40. The second kappa shape index (κ2) is 6.64. The molecule has 0 aromatic carbocycles. The Bertz CT molecular complexity index is 772. The zero-order valence-corrected chi connectivity index (χ0v) is 14.6. The molecule has 3 rings (SSSR count). The second-order valence-electron chi connectivity index (χ2n) is 5.48. The van der Waals surface area contributed by atoms with Crippen molar-refractivity contribution in [3.63, 3.8) is 0 Å². The highest BCUT2D eigenvalue weighted by molar-refractivity contribution is 9.10. The minimum atomic E-state index is -0.967. The fraction of sp³-hybridized carbons (Fsp3) is 0.312. The van der Waals surface area contributed by atoms with Crippen LogP contribution < -0.4 is 4.74 Å². The molecule has 1 aliphatic rings. The number of aliphatic carboxylic acids is 1. The van der Waals surface area contributed by atoms with Gasteiger partial charge in [0.1, 0.15) is 5.69 Å². The van der Waals surface area contributed by atoms with Gasteiger partial charge in [0.25, 0.3) is 5.91 Å². The standard InChI is InChI=1S/C16H16BrN3O4/c1-24-14-3-2-10(8-18-14)12(7-15(21)22)20-5-4-19-9-11(17)6-13(19)16(20)23/h2-3,6,8-9,12H,4-5,7H2,1H3,(H,21,22). The van der Waals surface area contributed by atoms with Crippen LogP contribution in [0.15, 0.2) is 35.1 Å². The van der Waals surface area contributed by atoms with Crippen molar-refractivity contribution < 1.29 is 19.4 Å². The number of methoxy groups -OCH3 is 1. The minimum Gasteiger partial charge on any atom is -0.481 e. The number of hydrogen-bond donors (Lipinski definition) is 1. The van der Waals surface area contributed by atoms with Gasteiger partial charge in [-0.1, -0.05) is 6.07 Å². The smallest absolute Gasteiger partial charge is 0.305 e. The van der Waals surface area contributed by atoms with E-state index in [1.165, 1.54) is 7.11 Å². The lowest BCUT2D eigenvalue weighted by Gasteiger charge is -2.34.